The summed E-state index contributed by atoms with van der Waals surface area (Å²) >= 11 is 0. The number of morpholine rings is 1. The second kappa shape index (κ2) is 13.1. The molecule has 2 atom stereocenters. The monoisotopic (exact) mass is 687 g/mol. The number of fused-ring (bicyclic) bond motifs is 1. The predicted molar refractivity (Wildman–Crippen MR) is 175 cm³/mol. The molecule has 264 valence electrons. The van der Waals surface area contributed by atoms with Crippen LogP contribution in [0.25, 0.3) is 28.2 Å². The number of carbonyl (C=O) groups is 1. The van der Waals surface area contributed by atoms with Crippen molar-refractivity contribution >= 4 is 28.9 Å². The molecule has 1 N–H and O–H groups in total. The minimum absolute atomic E-state index is 0.0276. The highest BCUT2D eigenvalue weighted by Gasteiger charge is 2.41. The Bertz CT molecular complexity index is 1850. The van der Waals surface area contributed by atoms with Crippen LogP contribution in [0.15, 0.2) is 24.3 Å². The SMILES string of the molecule is CNc1nc2cc(F)ccc2n1-c1nc(-c2c(C)nn(CC3CCCN(C(=O)OC(C)(C)C)C3)c2C(F)(F)F)cc(N2CCOC[C@H]2C)n1. The first-order valence-corrected chi connectivity index (χ1v) is 16.4. The number of imidazole rings is 1. The lowest BCUT2D eigenvalue weighted by Crippen LogP contribution is -2.44. The molecule has 6 rings (SSSR count). The molecule has 1 unspecified atom stereocenters. The Hall–Kier alpha value is -4.47. The van der Waals surface area contributed by atoms with E-state index in [1.807, 2.05) is 11.8 Å². The maximum absolute atomic E-state index is 15.1. The molecule has 1 amide bonds. The Morgan fingerprint density at radius 3 is 2.59 bits per heavy atom. The summed E-state index contributed by atoms with van der Waals surface area (Å²) in [6.07, 6.45) is -4.02. The van der Waals surface area contributed by atoms with E-state index >= 15 is 13.2 Å². The van der Waals surface area contributed by atoms with Crippen LogP contribution in [0.1, 0.15) is 51.9 Å². The molecule has 49 heavy (non-hydrogen) atoms. The number of nitrogens with one attached hydrogen (secondary N) is 1. The minimum atomic E-state index is -4.79. The van der Waals surface area contributed by atoms with Gasteiger partial charge < -0.3 is 24.6 Å². The number of halogens is 4. The molecule has 1 aromatic carbocycles. The van der Waals surface area contributed by atoms with Crippen molar-refractivity contribution in [1.29, 1.82) is 0 Å². The third kappa shape index (κ3) is 7.14. The Labute approximate surface area is 281 Å². The molecule has 12 nitrogen and oxygen atoms in total. The van der Waals surface area contributed by atoms with Crippen LogP contribution in [0.4, 0.5) is 34.1 Å². The molecule has 16 heteroatoms. The molecule has 0 saturated carbocycles. The van der Waals surface area contributed by atoms with Crippen LogP contribution in [-0.4, -0.2) is 91.8 Å². The van der Waals surface area contributed by atoms with Crippen LogP contribution in [0.5, 0.6) is 0 Å². The van der Waals surface area contributed by atoms with Gasteiger partial charge in [0.1, 0.15) is 17.2 Å². The second-order valence-corrected chi connectivity index (χ2v) is 13.6. The van der Waals surface area contributed by atoms with Crippen molar-refractivity contribution in [1.82, 2.24) is 34.2 Å². The normalized spacial score (nSPS) is 19.1. The van der Waals surface area contributed by atoms with Crippen LogP contribution in [0, 0.1) is 18.7 Å². The van der Waals surface area contributed by atoms with Crippen molar-refractivity contribution in [3.63, 3.8) is 0 Å². The number of aromatic nitrogens is 6. The number of anilines is 2. The highest BCUT2D eigenvalue weighted by Crippen LogP contribution is 2.41. The number of carbonyl (C=O) groups excluding carboxylic acids is 1. The average Bonchev–Trinajstić information content (AvgIpc) is 3.56. The summed E-state index contributed by atoms with van der Waals surface area (Å²) < 4.78 is 73.3. The van der Waals surface area contributed by atoms with Gasteiger partial charge in [-0.25, -0.2) is 23.7 Å². The Balaban J connectivity index is 1.46. The number of amides is 1. The number of rotatable bonds is 6. The van der Waals surface area contributed by atoms with Crippen molar-refractivity contribution < 1.29 is 31.8 Å². The fourth-order valence-electron chi connectivity index (χ4n) is 6.55. The molecule has 2 aliphatic heterocycles. The third-order valence-electron chi connectivity index (χ3n) is 8.66. The molecular formula is C33H41F4N9O3. The van der Waals surface area contributed by atoms with Gasteiger partial charge in [0.25, 0.3) is 0 Å². The molecule has 2 aliphatic rings. The summed E-state index contributed by atoms with van der Waals surface area (Å²) in [6, 6.07) is 5.51. The van der Waals surface area contributed by atoms with Gasteiger partial charge in [0.05, 0.1) is 47.2 Å². The summed E-state index contributed by atoms with van der Waals surface area (Å²) in [5.41, 5.74) is -0.824. The zero-order chi connectivity index (χ0) is 35.2. The second-order valence-electron chi connectivity index (χ2n) is 13.6. The van der Waals surface area contributed by atoms with Gasteiger partial charge in [-0.3, -0.25) is 4.68 Å². The van der Waals surface area contributed by atoms with Crippen molar-refractivity contribution in [3.8, 4) is 17.2 Å². The quantitative estimate of drug-likeness (QED) is 0.242. The number of ether oxygens (including phenoxy) is 2. The standard InChI is InChI=1S/C33H41F4N9O3/c1-19-18-48-13-12-44(19)26-15-24(40-30(41-26)46-25-10-9-22(34)14-23(25)39-29(46)38-6)27-20(2)42-45(28(27)33(35,36)37)17-21-8-7-11-43(16-21)31(47)49-32(3,4)5/h9-10,14-15,19,21H,7-8,11-13,16-18H2,1-6H3,(H,38,39)/t19-,21?/m1/s1. The summed E-state index contributed by atoms with van der Waals surface area (Å²) in [4.78, 5) is 30.3. The predicted octanol–water partition coefficient (Wildman–Crippen LogP) is 6.06. The lowest BCUT2D eigenvalue weighted by atomic mass is 9.98. The summed E-state index contributed by atoms with van der Waals surface area (Å²) in [5.74, 6) is -0.0138. The van der Waals surface area contributed by atoms with Gasteiger partial charge in [0, 0.05) is 45.4 Å². The molecule has 3 aromatic heterocycles. The fourth-order valence-corrected chi connectivity index (χ4v) is 6.55. The molecule has 2 saturated heterocycles. The lowest BCUT2D eigenvalue weighted by Gasteiger charge is -2.34. The summed E-state index contributed by atoms with van der Waals surface area (Å²) in [5, 5.41) is 7.39. The van der Waals surface area contributed by atoms with Gasteiger partial charge in [-0.05, 0) is 65.5 Å². The van der Waals surface area contributed by atoms with E-state index in [1.54, 1.807) is 43.4 Å². The number of aryl methyl sites for hydroxylation is 1. The Morgan fingerprint density at radius 2 is 1.90 bits per heavy atom. The zero-order valence-electron chi connectivity index (χ0n) is 28.4. The lowest BCUT2D eigenvalue weighted by molar-refractivity contribution is -0.144. The van der Waals surface area contributed by atoms with Gasteiger partial charge in [0.15, 0.2) is 5.69 Å². The first kappa shape index (κ1) is 34.4. The highest BCUT2D eigenvalue weighted by atomic mass is 19.4. The van der Waals surface area contributed by atoms with Gasteiger partial charge in [-0.15, -0.1) is 0 Å². The molecule has 0 radical (unpaired) electrons. The van der Waals surface area contributed by atoms with Crippen LogP contribution in [-0.2, 0) is 22.2 Å². The smallest absolute Gasteiger partial charge is 0.433 e. The van der Waals surface area contributed by atoms with E-state index in [2.05, 4.69) is 15.4 Å². The maximum Gasteiger partial charge on any atom is 0.433 e. The molecule has 0 bridgehead atoms. The Kier molecular flexibility index (Phi) is 9.19. The number of hydrogen-bond donors (Lipinski definition) is 1. The van der Waals surface area contributed by atoms with E-state index in [-0.39, 0.29) is 53.9 Å². The summed E-state index contributed by atoms with van der Waals surface area (Å²) in [7, 11) is 1.63. The first-order valence-electron chi connectivity index (χ1n) is 16.4. The number of nitrogens with zero attached hydrogens (tertiary/aromatic N) is 8. The largest absolute Gasteiger partial charge is 0.444 e. The highest BCUT2D eigenvalue weighted by molar-refractivity contribution is 5.81. The third-order valence-corrected chi connectivity index (χ3v) is 8.66. The van der Waals surface area contributed by atoms with Crippen molar-refractivity contribution in [3.05, 3.63) is 41.5 Å². The van der Waals surface area contributed by atoms with E-state index < -0.39 is 29.4 Å². The molecule has 5 heterocycles. The van der Waals surface area contributed by atoms with Gasteiger partial charge >= 0.3 is 12.3 Å². The van der Waals surface area contributed by atoms with Crippen LogP contribution >= 0.6 is 0 Å². The molecule has 0 aliphatic carbocycles. The minimum Gasteiger partial charge on any atom is -0.444 e. The topological polar surface area (TPSA) is 115 Å². The van der Waals surface area contributed by atoms with Gasteiger partial charge in [0.2, 0.25) is 11.9 Å². The summed E-state index contributed by atoms with van der Waals surface area (Å²) in [6.45, 7) is 10.8. The van der Waals surface area contributed by atoms with Crippen LogP contribution in [0.2, 0.25) is 0 Å². The van der Waals surface area contributed by atoms with Crippen LogP contribution in [0.3, 0.4) is 0 Å². The first-order chi connectivity index (χ1) is 23.1. The molecule has 2 fully saturated rings. The Morgan fingerprint density at radius 1 is 1.12 bits per heavy atom. The van der Waals surface area contributed by atoms with Crippen LogP contribution < -0.4 is 10.2 Å². The van der Waals surface area contributed by atoms with Crippen molar-refractivity contribution in [2.24, 2.45) is 5.92 Å². The van der Waals surface area contributed by atoms with E-state index in [1.165, 1.54) is 25.1 Å². The van der Waals surface area contributed by atoms with Crippen molar-refractivity contribution in [2.75, 3.05) is 50.1 Å². The number of hydrogen-bond acceptors (Lipinski definition) is 9. The number of alkyl halides is 3. The number of likely N-dealkylation sites (tertiary alicyclic amines) is 1. The van der Waals surface area contributed by atoms with Crippen molar-refractivity contribution in [2.45, 2.75) is 71.8 Å². The van der Waals surface area contributed by atoms with E-state index in [9.17, 15) is 9.18 Å². The number of piperidine rings is 1. The van der Waals surface area contributed by atoms with E-state index in [4.69, 9.17) is 19.4 Å². The number of benzene rings is 1. The molecular weight excluding hydrogens is 646 g/mol. The van der Waals surface area contributed by atoms with E-state index in [0.29, 0.717) is 56.0 Å². The zero-order valence-corrected chi connectivity index (χ0v) is 28.4. The maximum atomic E-state index is 15.1. The van der Waals surface area contributed by atoms with Gasteiger partial charge in [-0.2, -0.15) is 23.3 Å². The average molecular weight is 688 g/mol. The fraction of sp³-hybridized carbons (Fsp3) is 0.545. The molecule has 4 aromatic rings. The van der Waals surface area contributed by atoms with Gasteiger partial charge in [-0.1, -0.05) is 0 Å². The molecule has 0 spiro atoms. The van der Waals surface area contributed by atoms with E-state index in [0.717, 1.165) is 4.68 Å².